The van der Waals surface area contributed by atoms with Gasteiger partial charge in [-0.3, -0.25) is 0 Å². The fraction of sp³-hybridized carbons (Fsp3) is 0.667. The molecule has 6 nitrogen and oxygen atoms in total. The van der Waals surface area contributed by atoms with E-state index in [1.165, 1.54) is 0 Å². The summed E-state index contributed by atoms with van der Waals surface area (Å²) in [4.78, 5) is 18.8. The average molecular weight is 216 g/mol. The minimum absolute atomic E-state index is 0. The Morgan fingerprint density at radius 1 is 0.923 bits per heavy atom. The van der Waals surface area contributed by atoms with Crippen LogP contribution in [0.25, 0.3) is 0 Å². The van der Waals surface area contributed by atoms with Gasteiger partial charge in [0.05, 0.1) is 0 Å². The zero-order valence-corrected chi connectivity index (χ0v) is 9.53. The summed E-state index contributed by atoms with van der Waals surface area (Å²) < 4.78 is 0. The third-order valence-electron chi connectivity index (χ3n) is 0.697. The first-order valence-electron chi connectivity index (χ1n) is 3.34. The van der Waals surface area contributed by atoms with Gasteiger partial charge in [0.1, 0.15) is 0 Å². The molecule has 0 bridgehead atoms. The van der Waals surface area contributed by atoms with E-state index in [4.69, 9.17) is 11.5 Å². The van der Waals surface area contributed by atoms with Crippen LogP contribution in [0.5, 0.6) is 0 Å². The van der Waals surface area contributed by atoms with E-state index >= 15 is 0 Å². The van der Waals surface area contributed by atoms with Crippen molar-refractivity contribution in [2.24, 2.45) is 11.5 Å². The first kappa shape index (κ1) is 18.8. The van der Waals surface area contributed by atoms with Crippen molar-refractivity contribution in [1.82, 2.24) is 0 Å². The van der Waals surface area contributed by atoms with Crippen LogP contribution in [-0.2, 0) is 9.59 Å². The topological polar surface area (TPSA) is 132 Å². The van der Waals surface area contributed by atoms with Crippen LogP contribution in [-0.4, -0.2) is 62.8 Å². The Balaban J connectivity index is -0.000000143. The minimum atomic E-state index is -1.09. The second-order valence-corrected chi connectivity index (χ2v) is 1.82. The second kappa shape index (κ2) is 14.6. The van der Waals surface area contributed by atoms with Crippen LogP contribution in [0.1, 0.15) is 12.8 Å². The molecule has 0 amide bonds. The third kappa shape index (κ3) is 33.1. The van der Waals surface area contributed by atoms with Crippen LogP contribution in [0.2, 0.25) is 0 Å². The van der Waals surface area contributed by atoms with Crippen LogP contribution >= 0.6 is 0 Å². The Bertz CT molecular complexity index is 127. The number of hydrogen-bond donors (Lipinski definition) is 2. The van der Waals surface area contributed by atoms with E-state index in [2.05, 4.69) is 0 Å². The summed E-state index contributed by atoms with van der Waals surface area (Å²) >= 11 is 0. The molecule has 4 N–H and O–H groups in total. The Kier molecular flexibility index (Phi) is 21.2. The summed E-state index contributed by atoms with van der Waals surface area (Å²) in [5.41, 5.74) is 9.62. The molecule has 0 saturated carbocycles. The molecule has 0 spiro atoms. The maximum absolute atomic E-state index is 9.41. The minimum Gasteiger partial charge on any atom is -0.550 e. The fourth-order valence-corrected chi connectivity index (χ4v) is 0.236. The number of rotatable bonds is 4. The molecule has 0 saturated heterocycles. The predicted octanol–water partition coefficient (Wildman–Crippen LogP) is -4.21. The molecule has 0 unspecified atom stereocenters. The number of nitrogens with two attached hydrogens (primary N) is 2. The van der Waals surface area contributed by atoms with Crippen LogP contribution < -0.4 is 21.7 Å². The van der Waals surface area contributed by atoms with Crippen LogP contribution in [0.3, 0.4) is 0 Å². The first-order chi connectivity index (χ1) is 5.54. The number of carbonyl (C=O) groups excluding carboxylic acids is 2. The quantitative estimate of drug-likeness (QED) is 0.458. The van der Waals surface area contributed by atoms with Crippen LogP contribution in [0, 0.1) is 0 Å². The third-order valence-corrected chi connectivity index (χ3v) is 0.697. The molecular weight excluding hydrogens is 204 g/mol. The van der Waals surface area contributed by atoms with Crippen molar-refractivity contribution < 1.29 is 19.8 Å². The molecule has 0 fully saturated rings. The van der Waals surface area contributed by atoms with Crippen molar-refractivity contribution in [3.63, 3.8) is 0 Å². The van der Waals surface area contributed by atoms with E-state index in [0.29, 0.717) is 0 Å². The summed E-state index contributed by atoms with van der Waals surface area (Å²) in [5.74, 6) is -2.17. The van der Waals surface area contributed by atoms with E-state index in [0.717, 1.165) is 0 Å². The van der Waals surface area contributed by atoms with E-state index in [1.807, 2.05) is 0 Å². The number of carboxylic acids is 2. The molecule has 13 heavy (non-hydrogen) atoms. The monoisotopic (exact) mass is 216 g/mol. The molecule has 0 heterocycles. The zero-order chi connectivity index (χ0) is 9.98. The van der Waals surface area contributed by atoms with Gasteiger partial charge in [0.2, 0.25) is 0 Å². The molecule has 7 heteroatoms. The largest absolute Gasteiger partial charge is 2.00 e. The van der Waals surface area contributed by atoms with Gasteiger partial charge in [0.15, 0.2) is 0 Å². The number of carbonyl (C=O) groups is 2. The SMILES string of the molecule is NCCC(=O)[O-].NCCC(=O)[O-].[Ca+2]. The second-order valence-electron chi connectivity index (χ2n) is 1.82. The first-order valence-corrected chi connectivity index (χ1v) is 3.34. The summed E-state index contributed by atoms with van der Waals surface area (Å²) in [5, 5.41) is 18.8. The number of carboxylic acid groups (broad SMARTS) is 2. The van der Waals surface area contributed by atoms with Crippen molar-refractivity contribution in [3.8, 4) is 0 Å². The number of aliphatic carboxylic acids is 2. The van der Waals surface area contributed by atoms with Gasteiger partial charge in [-0.25, -0.2) is 0 Å². The van der Waals surface area contributed by atoms with Gasteiger partial charge in [-0.2, -0.15) is 0 Å². The standard InChI is InChI=1S/2C3H7NO2.Ca/c2*4-2-1-3(5)6;/h2*1-2,4H2,(H,5,6);/q;;+2/p-2. The molecule has 0 aliphatic carbocycles. The predicted molar refractivity (Wildman–Crippen MR) is 43.1 cm³/mol. The summed E-state index contributed by atoms with van der Waals surface area (Å²) in [7, 11) is 0. The molecule has 0 aromatic rings. The van der Waals surface area contributed by atoms with E-state index in [9.17, 15) is 19.8 Å². The van der Waals surface area contributed by atoms with E-state index in [1.54, 1.807) is 0 Å². The Morgan fingerprint density at radius 3 is 1.15 bits per heavy atom. The maximum Gasteiger partial charge on any atom is 2.00 e. The van der Waals surface area contributed by atoms with Crippen LogP contribution in [0.15, 0.2) is 0 Å². The van der Waals surface area contributed by atoms with Crippen molar-refractivity contribution in [2.45, 2.75) is 12.8 Å². The molecule has 0 aliphatic heterocycles. The molecule has 0 atom stereocenters. The molecular formula is C6H12CaN2O4. The molecule has 0 aromatic carbocycles. The van der Waals surface area contributed by atoms with Crippen LogP contribution in [0.4, 0.5) is 0 Å². The smallest absolute Gasteiger partial charge is 0.550 e. The van der Waals surface area contributed by atoms with E-state index in [-0.39, 0.29) is 63.7 Å². The van der Waals surface area contributed by atoms with Gasteiger partial charge >= 0.3 is 37.7 Å². The summed E-state index contributed by atoms with van der Waals surface area (Å²) in [6.07, 6.45) is -0.0833. The van der Waals surface area contributed by atoms with E-state index < -0.39 is 11.9 Å². The molecule has 0 radical (unpaired) electrons. The average Bonchev–Trinajstić information content (AvgIpc) is 1.87. The molecule has 0 aliphatic rings. The molecule has 0 rings (SSSR count). The Labute approximate surface area is 106 Å². The molecule has 72 valence electrons. The molecule has 0 aromatic heterocycles. The summed E-state index contributed by atoms with van der Waals surface area (Å²) in [6, 6.07) is 0. The zero-order valence-electron chi connectivity index (χ0n) is 7.32. The van der Waals surface area contributed by atoms with Gasteiger partial charge in [0.25, 0.3) is 0 Å². The normalized spacial score (nSPS) is 7.54. The number of hydrogen-bond acceptors (Lipinski definition) is 6. The van der Waals surface area contributed by atoms with Gasteiger partial charge < -0.3 is 31.3 Å². The maximum atomic E-state index is 9.41. The Morgan fingerprint density at radius 2 is 1.15 bits per heavy atom. The Hall–Kier alpha value is 0.120. The van der Waals surface area contributed by atoms with Crippen molar-refractivity contribution in [1.29, 1.82) is 0 Å². The van der Waals surface area contributed by atoms with Crippen molar-refractivity contribution >= 4 is 49.7 Å². The fourth-order valence-electron chi connectivity index (χ4n) is 0.236. The van der Waals surface area contributed by atoms with Crippen molar-refractivity contribution in [3.05, 3.63) is 0 Å². The summed E-state index contributed by atoms with van der Waals surface area (Å²) in [6.45, 7) is 0.338. The van der Waals surface area contributed by atoms with Gasteiger partial charge in [-0.05, 0) is 25.9 Å². The van der Waals surface area contributed by atoms with Gasteiger partial charge in [-0.15, -0.1) is 0 Å². The van der Waals surface area contributed by atoms with Gasteiger partial charge in [-0.1, -0.05) is 0 Å². The van der Waals surface area contributed by atoms with Crippen molar-refractivity contribution in [2.75, 3.05) is 13.1 Å². The van der Waals surface area contributed by atoms with Gasteiger partial charge in [0, 0.05) is 11.9 Å².